The molecule has 0 saturated heterocycles. The number of imidazole rings is 1. The third-order valence-electron chi connectivity index (χ3n) is 2.78. The number of amides is 1. The van der Waals surface area contributed by atoms with Crippen LogP contribution in [-0.2, 0) is 11.0 Å². The highest BCUT2D eigenvalue weighted by molar-refractivity contribution is 5.92. The summed E-state index contributed by atoms with van der Waals surface area (Å²) in [6, 6.07) is 4.79. The minimum absolute atomic E-state index is 0.0311. The molecule has 1 aromatic carbocycles. The van der Waals surface area contributed by atoms with Gasteiger partial charge < -0.3 is 9.88 Å². The molecule has 0 radical (unpaired) electrons. The SMILES string of the molecule is Cc1cn(-c2cc(NC(=O)CC#N)cc(C(F)(F)F)c2)cn1. The van der Waals surface area contributed by atoms with Crippen LogP contribution in [0.2, 0.25) is 0 Å². The standard InChI is InChI=1S/C14H11F3N4O/c1-9-7-21(8-19-9)12-5-10(14(15,16)17)4-11(6-12)20-13(22)2-3-18/h4-8H,2H2,1H3,(H,20,22). The van der Waals surface area contributed by atoms with E-state index in [9.17, 15) is 18.0 Å². The Labute approximate surface area is 124 Å². The van der Waals surface area contributed by atoms with Gasteiger partial charge >= 0.3 is 6.18 Å². The van der Waals surface area contributed by atoms with E-state index in [-0.39, 0.29) is 11.4 Å². The Morgan fingerprint density at radius 3 is 2.68 bits per heavy atom. The fourth-order valence-electron chi connectivity index (χ4n) is 1.84. The predicted octanol–water partition coefficient (Wildman–Crippen LogP) is 3.05. The Morgan fingerprint density at radius 2 is 2.14 bits per heavy atom. The van der Waals surface area contributed by atoms with Crippen LogP contribution >= 0.6 is 0 Å². The number of anilines is 1. The molecular weight excluding hydrogens is 297 g/mol. The second kappa shape index (κ2) is 5.89. The number of carbonyl (C=O) groups is 1. The van der Waals surface area contributed by atoms with Crippen LogP contribution in [0.15, 0.2) is 30.7 Å². The van der Waals surface area contributed by atoms with E-state index in [0.717, 1.165) is 12.1 Å². The number of aryl methyl sites for hydroxylation is 1. The first-order valence-corrected chi connectivity index (χ1v) is 6.19. The van der Waals surface area contributed by atoms with E-state index in [1.165, 1.54) is 17.0 Å². The minimum Gasteiger partial charge on any atom is -0.325 e. The molecule has 0 atom stereocenters. The Hall–Kier alpha value is -2.82. The van der Waals surface area contributed by atoms with Crippen LogP contribution in [0.4, 0.5) is 18.9 Å². The van der Waals surface area contributed by atoms with Crippen molar-refractivity contribution in [2.24, 2.45) is 0 Å². The van der Waals surface area contributed by atoms with Crippen molar-refractivity contribution in [3.63, 3.8) is 0 Å². The number of nitrogens with zero attached hydrogens (tertiary/aromatic N) is 3. The largest absolute Gasteiger partial charge is 0.416 e. The van der Waals surface area contributed by atoms with Crippen LogP contribution in [0.5, 0.6) is 0 Å². The van der Waals surface area contributed by atoms with Crippen molar-refractivity contribution >= 4 is 11.6 Å². The first-order chi connectivity index (χ1) is 10.3. The molecule has 1 aromatic heterocycles. The number of alkyl halides is 3. The van der Waals surface area contributed by atoms with Gasteiger partial charge in [-0.3, -0.25) is 4.79 Å². The van der Waals surface area contributed by atoms with Crippen LogP contribution in [0.1, 0.15) is 17.7 Å². The number of aromatic nitrogens is 2. The van der Waals surface area contributed by atoms with Gasteiger partial charge in [0.2, 0.25) is 5.91 Å². The number of rotatable bonds is 3. The lowest BCUT2D eigenvalue weighted by Crippen LogP contribution is -2.13. The van der Waals surface area contributed by atoms with Gasteiger partial charge in [-0.25, -0.2) is 4.98 Å². The average molecular weight is 308 g/mol. The molecule has 8 heteroatoms. The first-order valence-electron chi connectivity index (χ1n) is 6.19. The topological polar surface area (TPSA) is 70.7 Å². The van der Waals surface area contributed by atoms with Gasteiger partial charge in [0.15, 0.2) is 0 Å². The molecule has 0 aliphatic rings. The lowest BCUT2D eigenvalue weighted by atomic mass is 10.1. The zero-order chi connectivity index (χ0) is 16.3. The monoisotopic (exact) mass is 308 g/mol. The van der Waals surface area contributed by atoms with Gasteiger partial charge in [0.25, 0.3) is 0 Å². The van der Waals surface area contributed by atoms with Gasteiger partial charge in [-0.05, 0) is 25.1 Å². The van der Waals surface area contributed by atoms with Gasteiger partial charge in [0.05, 0.1) is 23.7 Å². The van der Waals surface area contributed by atoms with E-state index in [1.807, 2.05) is 0 Å². The Bertz CT molecular complexity index is 743. The quantitative estimate of drug-likeness (QED) is 0.947. The molecule has 0 saturated carbocycles. The maximum Gasteiger partial charge on any atom is 0.416 e. The van der Waals surface area contributed by atoms with Crippen LogP contribution < -0.4 is 5.32 Å². The molecule has 0 fully saturated rings. The maximum absolute atomic E-state index is 13.0. The molecule has 22 heavy (non-hydrogen) atoms. The maximum atomic E-state index is 13.0. The third-order valence-corrected chi connectivity index (χ3v) is 2.78. The predicted molar refractivity (Wildman–Crippen MR) is 72.2 cm³/mol. The second-order valence-electron chi connectivity index (χ2n) is 4.57. The molecular formula is C14H11F3N4O. The lowest BCUT2D eigenvalue weighted by Gasteiger charge is -2.13. The lowest BCUT2D eigenvalue weighted by molar-refractivity contribution is -0.137. The Morgan fingerprint density at radius 1 is 1.41 bits per heavy atom. The Balaban J connectivity index is 2.46. The number of hydrogen-bond donors (Lipinski definition) is 1. The van der Waals surface area contributed by atoms with Gasteiger partial charge in [-0.15, -0.1) is 0 Å². The molecule has 1 heterocycles. The normalized spacial score (nSPS) is 11.0. The highest BCUT2D eigenvalue weighted by atomic mass is 19.4. The summed E-state index contributed by atoms with van der Waals surface area (Å²) in [5, 5.41) is 10.7. The highest BCUT2D eigenvalue weighted by Crippen LogP contribution is 2.33. The smallest absolute Gasteiger partial charge is 0.325 e. The van der Waals surface area contributed by atoms with Crippen molar-refractivity contribution in [3.8, 4) is 11.8 Å². The van der Waals surface area contributed by atoms with E-state index in [0.29, 0.717) is 5.69 Å². The fraction of sp³-hybridized carbons (Fsp3) is 0.214. The Kier molecular flexibility index (Phi) is 4.17. The van der Waals surface area contributed by atoms with Crippen molar-refractivity contribution in [2.75, 3.05) is 5.32 Å². The molecule has 0 unspecified atom stereocenters. The molecule has 0 aliphatic heterocycles. The number of benzene rings is 1. The van der Waals surface area contributed by atoms with Crippen LogP contribution in [0, 0.1) is 18.3 Å². The van der Waals surface area contributed by atoms with Gasteiger partial charge in [0.1, 0.15) is 6.42 Å². The zero-order valence-corrected chi connectivity index (χ0v) is 11.5. The van der Waals surface area contributed by atoms with Gasteiger partial charge in [-0.1, -0.05) is 0 Å². The summed E-state index contributed by atoms with van der Waals surface area (Å²) < 4.78 is 40.3. The zero-order valence-electron chi connectivity index (χ0n) is 11.5. The molecule has 0 aliphatic carbocycles. The number of nitrogens with one attached hydrogen (secondary N) is 1. The summed E-state index contributed by atoms with van der Waals surface area (Å²) in [7, 11) is 0. The average Bonchev–Trinajstić information content (AvgIpc) is 2.84. The molecule has 2 rings (SSSR count). The summed E-state index contributed by atoms with van der Waals surface area (Å²) in [4.78, 5) is 15.3. The number of nitriles is 1. The van der Waals surface area contributed by atoms with E-state index >= 15 is 0 Å². The van der Waals surface area contributed by atoms with E-state index in [1.54, 1.807) is 19.2 Å². The van der Waals surface area contributed by atoms with Crippen molar-refractivity contribution in [3.05, 3.63) is 42.0 Å². The highest BCUT2D eigenvalue weighted by Gasteiger charge is 2.31. The van der Waals surface area contributed by atoms with Gasteiger partial charge in [-0.2, -0.15) is 18.4 Å². The molecule has 5 nitrogen and oxygen atoms in total. The van der Waals surface area contributed by atoms with Crippen LogP contribution in [0.25, 0.3) is 5.69 Å². The summed E-state index contributed by atoms with van der Waals surface area (Å²) in [5.41, 5.74) is -0.0739. The summed E-state index contributed by atoms with van der Waals surface area (Å²) in [6.07, 6.45) is -2.04. The molecule has 0 bridgehead atoms. The number of hydrogen-bond acceptors (Lipinski definition) is 3. The summed E-state index contributed by atoms with van der Waals surface area (Å²) in [5.74, 6) is -0.672. The van der Waals surface area contributed by atoms with Crippen molar-refractivity contribution < 1.29 is 18.0 Å². The minimum atomic E-state index is -4.56. The fourth-order valence-corrected chi connectivity index (χ4v) is 1.84. The van der Waals surface area contributed by atoms with Crippen LogP contribution in [-0.4, -0.2) is 15.5 Å². The molecule has 1 amide bonds. The number of carbonyl (C=O) groups excluding carboxylic acids is 1. The molecule has 0 spiro atoms. The van der Waals surface area contributed by atoms with E-state index in [4.69, 9.17) is 5.26 Å². The molecule has 1 N–H and O–H groups in total. The van der Waals surface area contributed by atoms with Crippen LogP contribution in [0.3, 0.4) is 0 Å². The van der Waals surface area contributed by atoms with E-state index in [2.05, 4.69) is 10.3 Å². The summed E-state index contributed by atoms with van der Waals surface area (Å²) >= 11 is 0. The second-order valence-corrected chi connectivity index (χ2v) is 4.57. The van der Waals surface area contributed by atoms with Crippen molar-refractivity contribution in [1.82, 2.24) is 9.55 Å². The van der Waals surface area contributed by atoms with Gasteiger partial charge in [0, 0.05) is 17.6 Å². The first kappa shape index (κ1) is 15.6. The van der Waals surface area contributed by atoms with E-state index < -0.39 is 24.1 Å². The third kappa shape index (κ3) is 3.63. The molecule has 2 aromatic rings. The van der Waals surface area contributed by atoms with Crippen molar-refractivity contribution in [2.45, 2.75) is 19.5 Å². The molecule has 114 valence electrons. The van der Waals surface area contributed by atoms with Crippen molar-refractivity contribution in [1.29, 1.82) is 5.26 Å². The summed E-state index contributed by atoms with van der Waals surface area (Å²) in [6.45, 7) is 1.71. The number of halogens is 3.